The van der Waals surface area contributed by atoms with Crippen molar-refractivity contribution in [2.45, 2.75) is 6.10 Å². The lowest BCUT2D eigenvalue weighted by atomic mass is 10.2. The number of benzene rings is 1. The molecule has 7 nitrogen and oxygen atoms in total. The summed E-state index contributed by atoms with van der Waals surface area (Å²) < 4.78 is 21.4. The molecule has 1 aliphatic heterocycles. The smallest absolute Gasteiger partial charge is 0.258 e. The number of hydrogen-bond acceptors (Lipinski definition) is 7. The van der Waals surface area contributed by atoms with Crippen LogP contribution >= 0.6 is 0 Å². The highest BCUT2D eigenvalue weighted by Crippen LogP contribution is 2.24. The van der Waals surface area contributed by atoms with Gasteiger partial charge in [0.1, 0.15) is 11.9 Å². The topological polar surface area (TPSA) is 69.9 Å². The van der Waals surface area contributed by atoms with Crippen LogP contribution in [0.2, 0.25) is 0 Å². The highest BCUT2D eigenvalue weighted by Gasteiger charge is 2.26. The van der Waals surface area contributed by atoms with Crippen molar-refractivity contribution in [1.82, 2.24) is 15.0 Å². The second-order valence-corrected chi connectivity index (χ2v) is 5.34. The van der Waals surface area contributed by atoms with Crippen molar-refractivity contribution in [2.24, 2.45) is 0 Å². The van der Waals surface area contributed by atoms with Crippen molar-refractivity contribution in [2.75, 3.05) is 47.1 Å². The average Bonchev–Trinajstić information content (AvgIpc) is 3.10. The maximum absolute atomic E-state index is 5.77. The molecule has 3 rings (SSSR count). The molecule has 0 N–H and O–H groups in total. The molecule has 0 amide bonds. The third kappa shape index (κ3) is 3.87. The number of aromatic nitrogens is 2. The summed E-state index contributed by atoms with van der Waals surface area (Å²) in [4.78, 5) is 6.75. The Labute approximate surface area is 135 Å². The normalized spacial score (nSPS) is 19.0. The van der Waals surface area contributed by atoms with Crippen LogP contribution in [0.5, 0.6) is 5.75 Å². The van der Waals surface area contributed by atoms with Gasteiger partial charge in [0.2, 0.25) is 5.82 Å². The van der Waals surface area contributed by atoms with Crippen molar-refractivity contribution < 1.29 is 18.7 Å². The van der Waals surface area contributed by atoms with Crippen molar-refractivity contribution >= 4 is 0 Å². The van der Waals surface area contributed by atoms with Crippen LogP contribution in [-0.4, -0.2) is 62.1 Å². The van der Waals surface area contributed by atoms with Crippen LogP contribution < -0.4 is 4.74 Å². The van der Waals surface area contributed by atoms with Crippen LogP contribution in [0.3, 0.4) is 0 Å². The first-order chi connectivity index (χ1) is 11.3. The van der Waals surface area contributed by atoms with Gasteiger partial charge >= 0.3 is 0 Å². The third-order valence-electron chi connectivity index (χ3n) is 3.83. The fourth-order valence-electron chi connectivity index (χ4n) is 2.50. The Morgan fingerprint density at radius 2 is 2.09 bits per heavy atom. The molecule has 1 aliphatic rings. The Balaban J connectivity index is 1.68. The molecule has 23 heavy (non-hydrogen) atoms. The van der Waals surface area contributed by atoms with Crippen LogP contribution in [0.15, 0.2) is 28.8 Å². The molecular weight excluding hydrogens is 298 g/mol. The SMILES string of the molecule is COCCN1CCO[C@@H](c2noc(-c3ccc(OC)cc3)n2)C1. The van der Waals surface area contributed by atoms with E-state index in [9.17, 15) is 0 Å². The van der Waals surface area contributed by atoms with Gasteiger partial charge in [-0.15, -0.1) is 0 Å². The number of methoxy groups -OCH3 is 2. The Morgan fingerprint density at radius 3 is 2.83 bits per heavy atom. The summed E-state index contributed by atoms with van der Waals surface area (Å²) in [5.74, 6) is 1.86. The zero-order valence-corrected chi connectivity index (χ0v) is 13.4. The second kappa shape index (κ2) is 7.54. The van der Waals surface area contributed by atoms with Crippen molar-refractivity contribution in [3.05, 3.63) is 30.1 Å². The number of hydrogen-bond donors (Lipinski definition) is 0. The van der Waals surface area contributed by atoms with Gasteiger partial charge in [-0.1, -0.05) is 5.16 Å². The standard InChI is InChI=1S/C16H21N3O4/c1-20-9-7-19-8-10-22-14(11-19)15-17-16(23-18-15)12-3-5-13(21-2)6-4-12/h3-6,14H,7-11H2,1-2H3/t14-/m1/s1. The van der Waals surface area contributed by atoms with E-state index in [-0.39, 0.29) is 6.10 Å². The predicted molar refractivity (Wildman–Crippen MR) is 83.3 cm³/mol. The van der Waals surface area contributed by atoms with E-state index in [1.54, 1.807) is 14.2 Å². The molecular formula is C16H21N3O4. The molecule has 0 saturated carbocycles. The van der Waals surface area contributed by atoms with E-state index in [4.69, 9.17) is 18.7 Å². The van der Waals surface area contributed by atoms with Crippen LogP contribution in [0, 0.1) is 0 Å². The highest BCUT2D eigenvalue weighted by atomic mass is 16.5. The van der Waals surface area contributed by atoms with Gasteiger partial charge in [-0.05, 0) is 24.3 Å². The fourth-order valence-corrected chi connectivity index (χ4v) is 2.50. The first-order valence-electron chi connectivity index (χ1n) is 7.61. The predicted octanol–water partition coefficient (Wildman–Crippen LogP) is 1.76. The maximum atomic E-state index is 5.77. The minimum atomic E-state index is -0.170. The molecule has 2 aromatic rings. The first-order valence-corrected chi connectivity index (χ1v) is 7.61. The lowest BCUT2D eigenvalue weighted by molar-refractivity contribution is -0.0404. The Hall–Kier alpha value is -1.96. The van der Waals surface area contributed by atoms with Crippen molar-refractivity contribution in [3.63, 3.8) is 0 Å². The van der Waals surface area contributed by atoms with E-state index >= 15 is 0 Å². The van der Waals surface area contributed by atoms with Gasteiger partial charge < -0.3 is 18.7 Å². The van der Waals surface area contributed by atoms with Gasteiger partial charge in [-0.25, -0.2) is 0 Å². The quantitative estimate of drug-likeness (QED) is 0.803. The average molecular weight is 319 g/mol. The zero-order chi connectivity index (χ0) is 16.1. The molecule has 0 aliphatic carbocycles. The Kier molecular flexibility index (Phi) is 5.22. The van der Waals surface area contributed by atoms with Crippen LogP contribution in [0.25, 0.3) is 11.5 Å². The maximum Gasteiger partial charge on any atom is 0.258 e. The van der Waals surface area contributed by atoms with Crippen LogP contribution in [-0.2, 0) is 9.47 Å². The molecule has 1 aromatic carbocycles. The van der Waals surface area contributed by atoms with Crippen LogP contribution in [0.1, 0.15) is 11.9 Å². The summed E-state index contributed by atoms with van der Waals surface area (Å²) in [6.07, 6.45) is -0.170. The molecule has 124 valence electrons. The van der Waals surface area contributed by atoms with Gasteiger partial charge in [0.15, 0.2) is 0 Å². The molecule has 0 radical (unpaired) electrons. The largest absolute Gasteiger partial charge is 0.497 e. The minimum Gasteiger partial charge on any atom is -0.497 e. The van der Waals surface area contributed by atoms with E-state index in [2.05, 4.69) is 15.0 Å². The third-order valence-corrected chi connectivity index (χ3v) is 3.83. The van der Waals surface area contributed by atoms with E-state index in [1.165, 1.54) is 0 Å². The Morgan fingerprint density at radius 1 is 1.26 bits per heavy atom. The number of ether oxygens (including phenoxy) is 3. The van der Waals surface area contributed by atoms with Gasteiger partial charge in [0, 0.05) is 32.3 Å². The summed E-state index contributed by atoms with van der Waals surface area (Å²) in [7, 11) is 3.34. The molecule has 2 heterocycles. The number of rotatable bonds is 6. The molecule has 1 atom stereocenters. The van der Waals surface area contributed by atoms with Crippen LogP contribution in [0.4, 0.5) is 0 Å². The monoisotopic (exact) mass is 319 g/mol. The van der Waals surface area contributed by atoms with Crippen molar-refractivity contribution in [1.29, 1.82) is 0 Å². The number of nitrogens with zero attached hydrogens (tertiary/aromatic N) is 3. The molecule has 0 spiro atoms. The summed E-state index contributed by atoms with van der Waals surface area (Å²) in [6.45, 7) is 3.87. The highest BCUT2D eigenvalue weighted by molar-refractivity contribution is 5.54. The van der Waals surface area contributed by atoms with Crippen molar-refractivity contribution in [3.8, 4) is 17.2 Å². The summed E-state index contributed by atoms with van der Waals surface area (Å²) in [6, 6.07) is 7.51. The minimum absolute atomic E-state index is 0.170. The molecule has 0 unspecified atom stereocenters. The van der Waals surface area contributed by atoms with Gasteiger partial charge in [-0.2, -0.15) is 4.98 Å². The van der Waals surface area contributed by atoms with Gasteiger partial charge in [0.05, 0.1) is 20.3 Å². The zero-order valence-electron chi connectivity index (χ0n) is 13.4. The van der Waals surface area contributed by atoms with E-state index in [0.717, 1.165) is 30.9 Å². The summed E-state index contributed by atoms with van der Waals surface area (Å²) in [5.41, 5.74) is 0.858. The van der Waals surface area contributed by atoms with E-state index in [1.807, 2.05) is 24.3 Å². The second-order valence-electron chi connectivity index (χ2n) is 5.34. The molecule has 0 bridgehead atoms. The lowest BCUT2D eigenvalue weighted by Gasteiger charge is -2.30. The lowest BCUT2D eigenvalue weighted by Crippen LogP contribution is -2.40. The summed E-state index contributed by atoms with van der Waals surface area (Å²) in [5, 5.41) is 4.07. The summed E-state index contributed by atoms with van der Waals surface area (Å²) >= 11 is 0. The molecule has 1 saturated heterocycles. The molecule has 1 fully saturated rings. The number of morpholine rings is 1. The first kappa shape index (κ1) is 15.9. The van der Waals surface area contributed by atoms with E-state index in [0.29, 0.717) is 24.9 Å². The van der Waals surface area contributed by atoms with E-state index < -0.39 is 0 Å². The molecule has 7 heteroatoms. The van der Waals surface area contributed by atoms with Gasteiger partial charge in [0.25, 0.3) is 5.89 Å². The Bertz CT molecular complexity index is 614. The fraction of sp³-hybridized carbons (Fsp3) is 0.500. The molecule has 1 aromatic heterocycles. The van der Waals surface area contributed by atoms with Gasteiger partial charge in [-0.3, -0.25) is 4.90 Å².